The second-order valence-electron chi connectivity index (χ2n) is 5.98. The van der Waals surface area contributed by atoms with Gasteiger partial charge in [0.25, 0.3) is 11.5 Å². The number of halogens is 1. The maximum Gasteiger partial charge on any atom is 0.372 e. The topological polar surface area (TPSA) is 139 Å². The number of aromatic carboxylic acids is 1. The van der Waals surface area contributed by atoms with Crippen molar-refractivity contribution in [2.45, 2.75) is 6.54 Å². The largest absolute Gasteiger partial charge is 0.482 e. The molecule has 3 aromatic rings. The van der Waals surface area contributed by atoms with E-state index in [1.54, 1.807) is 36.2 Å². The van der Waals surface area contributed by atoms with E-state index in [0.717, 1.165) is 17.0 Å². The van der Waals surface area contributed by atoms with E-state index in [2.05, 4.69) is 9.97 Å². The van der Waals surface area contributed by atoms with Crippen LogP contribution in [0, 0.1) is 0 Å². The summed E-state index contributed by atoms with van der Waals surface area (Å²) in [5.41, 5.74) is 7.25. The summed E-state index contributed by atoms with van der Waals surface area (Å²) >= 11 is 0. The minimum Gasteiger partial charge on any atom is -0.482 e. The number of hydrogen-bond acceptors (Lipinski definition) is 6. The fourth-order valence-corrected chi connectivity index (χ4v) is 2.63. The highest BCUT2D eigenvalue weighted by molar-refractivity contribution is 5.97. The minimum absolute atomic E-state index is 0. The lowest BCUT2D eigenvalue weighted by Crippen LogP contribution is -2.35. The van der Waals surface area contributed by atoms with Crippen molar-refractivity contribution in [3.63, 3.8) is 0 Å². The fraction of sp³-hybridized carbons (Fsp3) is 0.158. The number of carbonyl (C=O) groups is 2. The molecule has 9 nitrogen and oxygen atoms in total. The molecule has 4 N–H and O–H groups in total. The first-order valence-electron chi connectivity index (χ1n) is 8.35. The van der Waals surface area contributed by atoms with Gasteiger partial charge in [0.15, 0.2) is 6.61 Å². The molecular weight excluding hydrogens is 400 g/mol. The quantitative estimate of drug-likeness (QED) is 0.573. The van der Waals surface area contributed by atoms with Gasteiger partial charge in [-0.05, 0) is 29.8 Å². The summed E-state index contributed by atoms with van der Waals surface area (Å²) in [7, 11) is 1.74. The van der Waals surface area contributed by atoms with Crippen molar-refractivity contribution in [2.75, 3.05) is 18.6 Å². The number of rotatable bonds is 2. The van der Waals surface area contributed by atoms with Gasteiger partial charge in [0.2, 0.25) is 5.82 Å². The first-order valence-corrected chi connectivity index (χ1v) is 8.35. The number of anilines is 1. The Labute approximate surface area is 171 Å². The average Bonchev–Trinajstić information content (AvgIpc) is 2.71. The van der Waals surface area contributed by atoms with E-state index < -0.39 is 11.5 Å². The number of nitrogens with zero attached hydrogens (tertiary/aromatic N) is 2. The van der Waals surface area contributed by atoms with Crippen molar-refractivity contribution in [2.24, 2.45) is 5.73 Å². The molecule has 0 radical (unpaired) electrons. The number of fused-ring (bicyclic) bond motifs is 2. The molecule has 1 aliphatic rings. The molecule has 1 aliphatic heterocycles. The molecule has 1 amide bonds. The van der Waals surface area contributed by atoms with E-state index in [1.165, 1.54) is 0 Å². The maximum atomic E-state index is 11.3. The van der Waals surface area contributed by atoms with Crippen molar-refractivity contribution in [3.8, 4) is 5.75 Å². The number of ether oxygens (including phenoxy) is 1. The molecule has 0 saturated heterocycles. The van der Waals surface area contributed by atoms with Gasteiger partial charge in [-0.25, -0.2) is 9.78 Å². The molecule has 0 atom stereocenters. The molecule has 10 heteroatoms. The normalized spacial score (nSPS) is 12.2. The molecule has 0 saturated carbocycles. The van der Waals surface area contributed by atoms with E-state index in [4.69, 9.17) is 15.6 Å². The number of benzene rings is 2. The number of carboxylic acid groups (broad SMARTS) is 1. The third-order valence-electron chi connectivity index (χ3n) is 4.16. The highest BCUT2D eigenvalue weighted by Crippen LogP contribution is 2.31. The molecule has 1 aromatic heterocycles. The Morgan fingerprint density at radius 2 is 2.00 bits per heavy atom. The van der Waals surface area contributed by atoms with Gasteiger partial charge in [0.05, 0.1) is 16.6 Å². The Bertz CT molecular complexity index is 1120. The Morgan fingerprint density at radius 3 is 2.69 bits per heavy atom. The first-order chi connectivity index (χ1) is 13.4. The summed E-state index contributed by atoms with van der Waals surface area (Å²) in [6.07, 6.45) is 0. The summed E-state index contributed by atoms with van der Waals surface area (Å²) < 4.78 is 5.27. The summed E-state index contributed by atoms with van der Waals surface area (Å²) in [6.45, 7) is 0.584. The molecule has 152 valence electrons. The highest BCUT2D eigenvalue weighted by Gasteiger charge is 2.21. The van der Waals surface area contributed by atoms with Crippen LogP contribution < -0.4 is 20.9 Å². The van der Waals surface area contributed by atoms with Crippen LogP contribution in [0.15, 0.2) is 47.3 Å². The summed E-state index contributed by atoms with van der Waals surface area (Å²) in [6, 6.07) is 12.2. The van der Waals surface area contributed by atoms with Crippen LogP contribution in [-0.4, -0.2) is 40.6 Å². The molecule has 0 fully saturated rings. The smallest absolute Gasteiger partial charge is 0.372 e. The van der Waals surface area contributed by atoms with Crippen LogP contribution in [0.2, 0.25) is 0 Å². The number of carbonyl (C=O) groups excluding carboxylic acids is 1. The number of hydrogen-bond donors (Lipinski definition) is 3. The Morgan fingerprint density at radius 1 is 1.28 bits per heavy atom. The van der Waals surface area contributed by atoms with Crippen LogP contribution >= 0.6 is 12.4 Å². The summed E-state index contributed by atoms with van der Waals surface area (Å²) in [5.74, 6) is -0.877. The third kappa shape index (κ3) is 4.71. The number of para-hydroxylation sites is 1. The molecule has 29 heavy (non-hydrogen) atoms. The van der Waals surface area contributed by atoms with Gasteiger partial charge in [-0.15, -0.1) is 12.4 Å². The van der Waals surface area contributed by atoms with Crippen LogP contribution in [0.1, 0.15) is 16.2 Å². The lowest BCUT2D eigenvalue weighted by atomic mass is 10.1. The number of H-pyrrole nitrogens is 1. The van der Waals surface area contributed by atoms with Crippen LogP contribution in [-0.2, 0) is 11.3 Å². The highest BCUT2D eigenvalue weighted by atomic mass is 35.5. The van der Waals surface area contributed by atoms with Crippen LogP contribution in [0.3, 0.4) is 0 Å². The van der Waals surface area contributed by atoms with E-state index in [-0.39, 0.29) is 30.7 Å². The van der Waals surface area contributed by atoms with Gasteiger partial charge < -0.3 is 25.5 Å². The molecule has 2 aromatic carbocycles. The van der Waals surface area contributed by atoms with E-state index in [1.807, 2.05) is 18.2 Å². The van der Waals surface area contributed by atoms with Crippen molar-refractivity contribution in [1.29, 1.82) is 0 Å². The molecule has 0 unspecified atom stereocenters. The Kier molecular flexibility index (Phi) is 6.92. The van der Waals surface area contributed by atoms with Gasteiger partial charge >= 0.3 is 5.97 Å². The SMILES string of the molecule is CN1C(=O)COc2ccc(CN)cc21.Cl.O=C(O)c1nc2ccccc2c(=O)[nH]1. The van der Waals surface area contributed by atoms with E-state index in [0.29, 0.717) is 17.4 Å². The van der Waals surface area contributed by atoms with Gasteiger partial charge in [-0.3, -0.25) is 9.59 Å². The lowest BCUT2D eigenvalue weighted by molar-refractivity contribution is -0.120. The van der Waals surface area contributed by atoms with Gasteiger partial charge in [0.1, 0.15) is 5.75 Å². The summed E-state index contributed by atoms with van der Waals surface area (Å²) in [4.78, 5) is 40.8. The zero-order valence-corrected chi connectivity index (χ0v) is 16.2. The molecular formula is C19H19ClN4O5. The lowest BCUT2D eigenvalue weighted by Gasteiger charge is -2.26. The van der Waals surface area contributed by atoms with E-state index >= 15 is 0 Å². The van der Waals surface area contributed by atoms with Crippen molar-refractivity contribution in [3.05, 3.63) is 64.2 Å². The zero-order valence-electron chi connectivity index (χ0n) is 15.4. The maximum absolute atomic E-state index is 11.3. The van der Waals surface area contributed by atoms with Gasteiger partial charge in [-0.1, -0.05) is 18.2 Å². The van der Waals surface area contributed by atoms with Crippen LogP contribution in [0.25, 0.3) is 10.9 Å². The zero-order chi connectivity index (χ0) is 20.3. The number of nitrogens with two attached hydrogens (primary N) is 1. The standard InChI is InChI=1S/C10H12N2O2.C9H6N2O3.ClH/c1-12-8-4-7(5-11)2-3-9(8)14-6-10(12)13;12-8-5-3-1-2-4-6(5)10-7(11-8)9(13)14;/h2-4H,5-6,11H2,1H3;1-4H,(H,13,14)(H,10,11,12);1H. The number of aromatic amines is 1. The van der Waals surface area contributed by atoms with Gasteiger partial charge in [-0.2, -0.15) is 0 Å². The average molecular weight is 419 g/mol. The Hall–Kier alpha value is -3.43. The van der Waals surface area contributed by atoms with Crippen molar-refractivity contribution >= 4 is 40.9 Å². The number of nitrogens with one attached hydrogen (secondary N) is 1. The Balaban J connectivity index is 0.000000200. The molecule has 2 heterocycles. The second kappa shape index (κ2) is 9.18. The second-order valence-corrected chi connectivity index (χ2v) is 5.98. The predicted molar refractivity (Wildman–Crippen MR) is 110 cm³/mol. The number of likely N-dealkylation sites (N-methyl/N-ethyl adjacent to an activating group) is 1. The fourth-order valence-electron chi connectivity index (χ4n) is 2.63. The van der Waals surface area contributed by atoms with Crippen LogP contribution in [0.5, 0.6) is 5.75 Å². The number of aromatic nitrogens is 2. The van der Waals surface area contributed by atoms with Crippen molar-refractivity contribution in [1.82, 2.24) is 9.97 Å². The number of amides is 1. The monoisotopic (exact) mass is 418 g/mol. The third-order valence-corrected chi connectivity index (χ3v) is 4.16. The van der Waals surface area contributed by atoms with Crippen LogP contribution in [0.4, 0.5) is 5.69 Å². The summed E-state index contributed by atoms with van der Waals surface area (Å²) in [5, 5.41) is 9.02. The molecule has 0 aliphatic carbocycles. The van der Waals surface area contributed by atoms with Gasteiger partial charge in [0, 0.05) is 13.6 Å². The molecule has 4 rings (SSSR count). The van der Waals surface area contributed by atoms with Crippen molar-refractivity contribution < 1.29 is 19.4 Å². The predicted octanol–water partition coefficient (Wildman–Crippen LogP) is 1.54. The first kappa shape index (κ1) is 21.9. The molecule has 0 bridgehead atoms. The molecule has 0 spiro atoms. The van der Waals surface area contributed by atoms with E-state index in [9.17, 15) is 14.4 Å². The minimum atomic E-state index is -1.24. The number of carboxylic acids is 1.